The van der Waals surface area contributed by atoms with E-state index in [4.69, 9.17) is 0 Å². The predicted octanol–water partition coefficient (Wildman–Crippen LogP) is 1.52. The highest BCUT2D eigenvalue weighted by Gasteiger charge is 2.38. The zero-order valence-corrected chi connectivity index (χ0v) is 13.1. The second-order valence-electron chi connectivity index (χ2n) is 5.02. The molecule has 0 radical (unpaired) electrons. The number of carbonyl (C=O) groups is 3. The molecule has 0 aromatic heterocycles. The van der Waals surface area contributed by atoms with Gasteiger partial charge in [0.05, 0.1) is 0 Å². The molecule has 3 rings (SSSR count). The molecule has 2 N–H and O–H groups in total. The first-order valence-electron chi connectivity index (χ1n) is 7.55. The number of benzene rings is 1. The van der Waals surface area contributed by atoms with Crippen molar-refractivity contribution >= 4 is 23.4 Å². The Morgan fingerprint density at radius 1 is 1.23 bits per heavy atom. The lowest BCUT2D eigenvalue weighted by Gasteiger charge is -2.29. The topological polar surface area (TPSA) is 78.5 Å². The number of piperidine rings is 1. The van der Waals surface area contributed by atoms with E-state index in [0.717, 1.165) is 11.3 Å². The maximum absolute atomic E-state index is 12.4. The highest BCUT2D eigenvalue weighted by molar-refractivity contribution is 6.05. The van der Waals surface area contributed by atoms with E-state index in [1.165, 1.54) is 0 Å². The van der Waals surface area contributed by atoms with Gasteiger partial charge in [-0.15, -0.1) is 0 Å². The van der Waals surface area contributed by atoms with Gasteiger partial charge in [0.15, 0.2) is 0 Å². The number of nitrogens with zero attached hydrogens (tertiary/aromatic N) is 1. The molecule has 6 heteroatoms. The molecule has 1 unspecified atom stereocenters. The lowest BCUT2D eigenvalue weighted by molar-refractivity contribution is -0.136. The average molecular weight is 303 g/mol. The molecule has 0 spiro atoms. The van der Waals surface area contributed by atoms with Crippen molar-refractivity contribution in [3.63, 3.8) is 0 Å². The van der Waals surface area contributed by atoms with Gasteiger partial charge in [-0.25, -0.2) is 0 Å². The number of carbonyl (C=O) groups excluding carboxylic acids is 3. The molecule has 2 heterocycles. The summed E-state index contributed by atoms with van der Waals surface area (Å²) in [4.78, 5) is 37.0. The van der Waals surface area contributed by atoms with Crippen LogP contribution in [0.1, 0.15) is 42.6 Å². The van der Waals surface area contributed by atoms with Crippen LogP contribution in [-0.4, -0.2) is 35.7 Å². The van der Waals surface area contributed by atoms with Gasteiger partial charge in [-0.3, -0.25) is 19.7 Å². The first kappa shape index (κ1) is 16.0. The molecule has 6 nitrogen and oxygen atoms in total. The van der Waals surface area contributed by atoms with E-state index in [1.54, 1.807) is 11.0 Å². The molecule has 0 bridgehead atoms. The van der Waals surface area contributed by atoms with E-state index in [9.17, 15) is 14.4 Å². The van der Waals surface area contributed by atoms with Gasteiger partial charge in [-0.2, -0.15) is 0 Å². The third kappa shape index (κ3) is 2.81. The number of anilines is 1. The van der Waals surface area contributed by atoms with Crippen molar-refractivity contribution in [2.45, 2.75) is 39.3 Å². The van der Waals surface area contributed by atoms with Crippen LogP contribution in [0.3, 0.4) is 0 Å². The second-order valence-corrected chi connectivity index (χ2v) is 5.02. The molecule has 0 saturated carbocycles. The van der Waals surface area contributed by atoms with Crippen molar-refractivity contribution in [3.05, 3.63) is 29.3 Å². The summed E-state index contributed by atoms with van der Waals surface area (Å²) >= 11 is 0. The monoisotopic (exact) mass is 303 g/mol. The van der Waals surface area contributed by atoms with Crippen LogP contribution < -0.4 is 10.6 Å². The van der Waals surface area contributed by atoms with Gasteiger partial charge in [-0.1, -0.05) is 13.8 Å². The number of imide groups is 1. The Morgan fingerprint density at radius 3 is 2.59 bits per heavy atom. The normalized spacial score (nSPS) is 20.0. The fourth-order valence-electron chi connectivity index (χ4n) is 2.73. The minimum Gasteiger partial charge on any atom is -0.388 e. The highest BCUT2D eigenvalue weighted by Crippen LogP contribution is 2.29. The summed E-state index contributed by atoms with van der Waals surface area (Å²) in [5.41, 5.74) is 2.47. The van der Waals surface area contributed by atoms with Gasteiger partial charge in [-0.05, 0) is 30.2 Å². The molecule has 1 fully saturated rings. The Labute approximate surface area is 129 Å². The largest absolute Gasteiger partial charge is 0.388 e. The Hall–Kier alpha value is -2.37. The second kappa shape index (κ2) is 6.60. The Kier molecular flexibility index (Phi) is 4.80. The molecule has 1 atom stereocenters. The van der Waals surface area contributed by atoms with Crippen LogP contribution in [0, 0.1) is 0 Å². The predicted molar refractivity (Wildman–Crippen MR) is 83.4 cm³/mol. The SMILES string of the molecule is CC.CNc1ccc2c(c1)CN(C1CCC(=O)NC1=O)C2=O. The molecule has 22 heavy (non-hydrogen) atoms. The minimum absolute atomic E-state index is 0.142. The lowest BCUT2D eigenvalue weighted by Crippen LogP contribution is -2.52. The summed E-state index contributed by atoms with van der Waals surface area (Å²) in [6, 6.07) is 4.98. The number of amides is 3. The number of hydrogen-bond acceptors (Lipinski definition) is 4. The summed E-state index contributed by atoms with van der Waals surface area (Å²) in [6.07, 6.45) is 0.668. The molecule has 3 amide bonds. The quantitative estimate of drug-likeness (QED) is 0.812. The molecule has 118 valence electrons. The number of fused-ring (bicyclic) bond motifs is 1. The molecule has 2 aliphatic rings. The van der Waals surface area contributed by atoms with Crippen LogP contribution >= 0.6 is 0 Å². The first-order chi connectivity index (χ1) is 10.6. The van der Waals surface area contributed by atoms with Crippen molar-refractivity contribution in [2.24, 2.45) is 0 Å². The Bertz CT molecular complexity index is 613. The fourth-order valence-corrected chi connectivity index (χ4v) is 2.73. The van der Waals surface area contributed by atoms with E-state index in [-0.39, 0.29) is 24.1 Å². The summed E-state index contributed by atoms with van der Waals surface area (Å²) in [6.45, 7) is 4.41. The van der Waals surface area contributed by atoms with Crippen molar-refractivity contribution in [1.29, 1.82) is 0 Å². The Morgan fingerprint density at radius 2 is 1.95 bits per heavy atom. The molecule has 2 aliphatic heterocycles. The summed E-state index contributed by atoms with van der Waals surface area (Å²) in [7, 11) is 1.82. The van der Waals surface area contributed by atoms with Crippen molar-refractivity contribution in [1.82, 2.24) is 10.2 Å². The molecule has 1 aromatic rings. The molecule has 0 aliphatic carbocycles. The molecule has 1 saturated heterocycles. The van der Waals surface area contributed by atoms with Crippen LogP contribution in [0.5, 0.6) is 0 Å². The van der Waals surface area contributed by atoms with Crippen LogP contribution in [0.15, 0.2) is 18.2 Å². The number of hydrogen-bond donors (Lipinski definition) is 2. The Balaban J connectivity index is 0.000000847. The third-order valence-corrected chi connectivity index (χ3v) is 3.81. The molecular weight excluding hydrogens is 282 g/mol. The zero-order chi connectivity index (χ0) is 16.3. The van der Waals surface area contributed by atoms with Crippen LogP contribution in [0.4, 0.5) is 5.69 Å². The fraction of sp³-hybridized carbons (Fsp3) is 0.438. The van der Waals surface area contributed by atoms with Gasteiger partial charge in [0.2, 0.25) is 11.8 Å². The maximum Gasteiger partial charge on any atom is 0.255 e. The highest BCUT2D eigenvalue weighted by atomic mass is 16.2. The van der Waals surface area contributed by atoms with Crippen LogP contribution in [-0.2, 0) is 16.1 Å². The van der Waals surface area contributed by atoms with Crippen LogP contribution in [0.25, 0.3) is 0 Å². The van der Waals surface area contributed by atoms with E-state index in [2.05, 4.69) is 10.6 Å². The average Bonchev–Trinajstić information content (AvgIpc) is 2.85. The van der Waals surface area contributed by atoms with E-state index < -0.39 is 6.04 Å². The van der Waals surface area contributed by atoms with Gasteiger partial charge >= 0.3 is 0 Å². The van der Waals surface area contributed by atoms with E-state index in [1.807, 2.05) is 33.0 Å². The first-order valence-corrected chi connectivity index (χ1v) is 7.55. The van der Waals surface area contributed by atoms with Gasteiger partial charge in [0, 0.05) is 31.3 Å². The maximum atomic E-state index is 12.4. The number of nitrogens with one attached hydrogen (secondary N) is 2. The standard InChI is InChI=1S/C14H15N3O3.C2H6/c1-15-9-2-3-10-8(6-9)7-17(14(10)20)11-4-5-12(18)16-13(11)19;1-2/h2-3,6,11,15H,4-5,7H2,1H3,(H,16,18,19);1-2H3. The van der Waals surface area contributed by atoms with Gasteiger partial charge in [0.1, 0.15) is 6.04 Å². The summed E-state index contributed by atoms with van der Waals surface area (Å²) < 4.78 is 0. The molecule has 1 aromatic carbocycles. The van der Waals surface area contributed by atoms with Gasteiger partial charge in [0.25, 0.3) is 5.91 Å². The van der Waals surface area contributed by atoms with Crippen molar-refractivity contribution in [3.8, 4) is 0 Å². The number of rotatable bonds is 2. The van der Waals surface area contributed by atoms with Crippen LogP contribution in [0.2, 0.25) is 0 Å². The van der Waals surface area contributed by atoms with E-state index >= 15 is 0 Å². The van der Waals surface area contributed by atoms with Gasteiger partial charge < -0.3 is 10.2 Å². The lowest BCUT2D eigenvalue weighted by atomic mass is 10.0. The zero-order valence-electron chi connectivity index (χ0n) is 13.1. The van der Waals surface area contributed by atoms with E-state index in [0.29, 0.717) is 18.5 Å². The smallest absolute Gasteiger partial charge is 0.255 e. The molecular formula is C16H21N3O3. The summed E-state index contributed by atoms with van der Waals surface area (Å²) in [5, 5.41) is 5.32. The third-order valence-electron chi connectivity index (χ3n) is 3.81. The minimum atomic E-state index is -0.550. The van der Waals surface area contributed by atoms with Crippen molar-refractivity contribution in [2.75, 3.05) is 12.4 Å². The van der Waals surface area contributed by atoms with Crippen molar-refractivity contribution < 1.29 is 14.4 Å². The summed E-state index contributed by atoms with van der Waals surface area (Å²) in [5.74, 6) is -0.790.